The van der Waals surface area contributed by atoms with E-state index in [1.165, 1.54) is 24.4 Å². The van der Waals surface area contributed by atoms with Gasteiger partial charge in [0.25, 0.3) is 0 Å². The van der Waals surface area contributed by atoms with Crippen LogP contribution in [-0.2, 0) is 6.18 Å². The first-order chi connectivity index (χ1) is 8.88. The molecule has 2 rings (SSSR count). The Morgan fingerprint density at radius 2 is 1.74 bits per heavy atom. The van der Waals surface area contributed by atoms with E-state index >= 15 is 0 Å². The zero-order chi connectivity index (χ0) is 14.0. The number of alkyl halides is 3. The van der Waals surface area contributed by atoms with E-state index in [1.807, 2.05) is 0 Å². The molecule has 0 amide bonds. The van der Waals surface area contributed by atoms with Gasteiger partial charge in [0, 0.05) is 11.8 Å². The maximum atomic E-state index is 12.4. The highest BCUT2D eigenvalue weighted by atomic mass is 19.4. The van der Waals surface area contributed by atoms with Crippen molar-refractivity contribution in [1.82, 2.24) is 9.97 Å². The third-order valence-electron chi connectivity index (χ3n) is 2.35. The van der Waals surface area contributed by atoms with Crippen LogP contribution >= 0.6 is 0 Å². The first kappa shape index (κ1) is 13.0. The fourth-order valence-electron chi connectivity index (χ4n) is 1.43. The third-order valence-corrected chi connectivity index (χ3v) is 2.35. The molecule has 1 heterocycles. The minimum atomic E-state index is -4.41. The van der Waals surface area contributed by atoms with E-state index in [4.69, 9.17) is 5.11 Å². The quantitative estimate of drug-likeness (QED) is 0.909. The van der Waals surface area contributed by atoms with Gasteiger partial charge in [0.2, 0.25) is 0 Å². The van der Waals surface area contributed by atoms with Crippen LogP contribution < -0.4 is 0 Å². The predicted molar refractivity (Wildman–Crippen MR) is 59.4 cm³/mol. The topological polar surface area (TPSA) is 63.1 Å². The molecule has 0 bridgehead atoms. The van der Waals surface area contributed by atoms with Crippen LogP contribution in [-0.4, -0.2) is 21.0 Å². The van der Waals surface area contributed by atoms with Gasteiger partial charge < -0.3 is 5.11 Å². The van der Waals surface area contributed by atoms with Crippen molar-refractivity contribution in [1.29, 1.82) is 0 Å². The molecule has 0 aliphatic rings. The highest BCUT2D eigenvalue weighted by molar-refractivity contribution is 5.85. The summed E-state index contributed by atoms with van der Waals surface area (Å²) in [5, 5.41) is 8.77. The maximum absolute atomic E-state index is 12.4. The highest BCUT2D eigenvalue weighted by Gasteiger charge is 2.30. The summed E-state index contributed by atoms with van der Waals surface area (Å²) < 4.78 is 37.1. The van der Waals surface area contributed by atoms with Crippen LogP contribution in [0.1, 0.15) is 16.1 Å². The minimum absolute atomic E-state index is 0.0635. The number of nitrogens with zero attached hydrogens (tertiary/aromatic N) is 2. The monoisotopic (exact) mass is 268 g/mol. The van der Waals surface area contributed by atoms with E-state index in [2.05, 4.69) is 9.97 Å². The minimum Gasteiger partial charge on any atom is -0.477 e. The molecule has 1 N–H and O–H groups in total. The van der Waals surface area contributed by atoms with Crippen LogP contribution in [0.25, 0.3) is 11.4 Å². The number of aromatic carboxylic acids is 1. The van der Waals surface area contributed by atoms with Gasteiger partial charge in [0.05, 0.1) is 5.56 Å². The molecule has 0 radical (unpaired) electrons. The van der Waals surface area contributed by atoms with Crippen molar-refractivity contribution in [2.75, 3.05) is 0 Å². The van der Waals surface area contributed by atoms with Gasteiger partial charge in [-0.1, -0.05) is 12.1 Å². The zero-order valence-corrected chi connectivity index (χ0v) is 9.35. The molecule has 0 spiro atoms. The summed E-state index contributed by atoms with van der Waals surface area (Å²) >= 11 is 0. The lowest BCUT2D eigenvalue weighted by atomic mass is 10.1. The number of halogens is 3. The highest BCUT2D eigenvalue weighted by Crippen LogP contribution is 2.30. The van der Waals surface area contributed by atoms with E-state index in [0.29, 0.717) is 5.56 Å². The SMILES string of the molecule is O=C(O)c1ccnc(-c2ccc(C(F)(F)F)cc2)n1. The summed E-state index contributed by atoms with van der Waals surface area (Å²) in [4.78, 5) is 18.3. The van der Waals surface area contributed by atoms with Crippen molar-refractivity contribution in [2.24, 2.45) is 0 Å². The first-order valence-corrected chi connectivity index (χ1v) is 5.12. The zero-order valence-electron chi connectivity index (χ0n) is 9.35. The van der Waals surface area contributed by atoms with Gasteiger partial charge in [-0.3, -0.25) is 0 Å². The second kappa shape index (κ2) is 4.68. The molecule has 19 heavy (non-hydrogen) atoms. The van der Waals surface area contributed by atoms with Gasteiger partial charge in [0.15, 0.2) is 11.5 Å². The van der Waals surface area contributed by atoms with Crippen molar-refractivity contribution in [3.05, 3.63) is 47.8 Å². The summed E-state index contributed by atoms with van der Waals surface area (Å²) in [6.45, 7) is 0. The number of hydrogen-bond donors (Lipinski definition) is 1. The Morgan fingerprint density at radius 1 is 1.11 bits per heavy atom. The summed E-state index contributed by atoms with van der Waals surface area (Å²) in [5.41, 5.74) is -0.688. The smallest absolute Gasteiger partial charge is 0.416 e. The summed E-state index contributed by atoms with van der Waals surface area (Å²) in [7, 11) is 0. The summed E-state index contributed by atoms with van der Waals surface area (Å²) in [6, 6.07) is 5.39. The molecule has 4 nitrogen and oxygen atoms in total. The van der Waals surface area contributed by atoms with Crippen LogP contribution in [0, 0.1) is 0 Å². The summed E-state index contributed by atoms with van der Waals surface area (Å²) in [6.07, 6.45) is -3.17. The van der Waals surface area contributed by atoms with Gasteiger partial charge in [-0.15, -0.1) is 0 Å². The molecule has 0 fully saturated rings. The molecule has 7 heteroatoms. The van der Waals surface area contributed by atoms with Crippen molar-refractivity contribution in [3.63, 3.8) is 0 Å². The van der Waals surface area contributed by atoms with E-state index in [-0.39, 0.29) is 11.5 Å². The molecule has 0 atom stereocenters. The van der Waals surface area contributed by atoms with E-state index in [9.17, 15) is 18.0 Å². The normalized spacial score (nSPS) is 11.3. The molecule has 0 saturated heterocycles. The largest absolute Gasteiger partial charge is 0.477 e. The number of benzene rings is 1. The molecule has 0 unspecified atom stereocenters. The molecule has 1 aromatic carbocycles. The van der Waals surface area contributed by atoms with Gasteiger partial charge in [0.1, 0.15) is 0 Å². The van der Waals surface area contributed by atoms with Crippen LogP contribution in [0.5, 0.6) is 0 Å². The van der Waals surface area contributed by atoms with Crippen molar-refractivity contribution in [2.45, 2.75) is 6.18 Å². The van der Waals surface area contributed by atoms with Crippen LogP contribution in [0.15, 0.2) is 36.5 Å². The number of carboxylic acids is 1. The van der Waals surface area contributed by atoms with Crippen LogP contribution in [0.3, 0.4) is 0 Å². The Morgan fingerprint density at radius 3 is 2.26 bits per heavy atom. The van der Waals surface area contributed by atoms with Gasteiger partial charge >= 0.3 is 12.1 Å². The second-order valence-corrected chi connectivity index (χ2v) is 3.65. The average Bonchev–Trinajstić information content (AvgIpc) is 2.38. The van der Waals surface area contributed by atoms with Gasteiger partial charge in [-0.25, -0.2) is 14.8 Å². The molecule has 98 valence electrons. The molecule has 0 aliphatic heterocycles. The van der Waals surface area contributed by atoms with E-state index in [1.54, 1.807) is 0 Å². The molecule has 1 aromatic heterocycles. The molecule has 0 saturated carbocycles. The Hall–Kier alpha value is -2.44. The average molecular weight is 268 g/mol. The number of hydrogen-bond acceptors (Lipinski definition) is 3. The van der Waals surface area contributed by atoms with Crippen molar-refractivity contribution < 1.29 is 23.1 Å². The van der Waals surface area contributed by atoms with Crippen LogP contribution in [0.4, 0.5) is 13.2 Å². The Balaban J connectivity index is 2.37. The first-order valence-electron chi connectivity index (χ1n) is 5.12. The molecule has 0 aliphatic carbocycles. The van der Waals surface area contributed by atoms with E-state index in [0.717, 1.165) is 12.1 Å². The number of carbonyl (C=O) groups is 1. The third kappa shape index (κ3) is 2.87. The lowest BCUT2D eigenvalue weighted by molar-refractivity contribution is -0.137. The fourth-order valence-corrected chi connectivity index (χ4v) is 1.43. The van der Waals surface area contributed by atoms with Gasteiger partial charge in [-0.05, 0) is 18.2 Å². The van der Waals surface area contributed by atoms with E-state index < -0.39 is 17.7 Å². The Labute approximate surface area is 105 Å². The molecule has 2 aromatic rings. The number of rotatable bonds is 2. The lowest BCUT2D eigenvalue weighted by Gasteiger charge is -2.07. The van der Waals surface area contributed by atoms with Gasteiger partial charge in [-0.2, -0.15) is 13.2 Å². The van der Waals surface area contributed by atoms with Crippen molar-refractivity contribution in [3.8, 4) is 11.4 Å². The lowest BCUT2D eigenvalue weighted by Crippen LogP contribution is -2.05. The number of carboxylic acid groups (broad SMARTS) is 1. The van der Waals surface area contributed by atoms with Crippen LogP contribution in [0.2, 0.25) is 0 Å². The standard InChI is InChI=1S/C12H7F3N2O2/c13-12(14,15)8-3-1-7(2-4-8)10-16-6-5-9(17-10)11(18)19/h1-6H,(H,18,19). The second-order valence-electron chi connectivity index (χ2n) is 3.65. The maximum Gasteiger partial charge on any atom is 0.416 e. The Kier molecular flexibility index (Phi) is 3.20. The molecular weight excluding hydrogens is 261 g/mol. The Bertz CT molecular complexity index is 609. The fraction of sp³-hybridized carbons (Fsp3) is 0.0833. The molecular formula is C12H7F3N2O2. The predicted octanol–water partition coefficient (Wildman–Crippen LogP) is 2.86. The summed E-state index contributed by atoms with van der Waals surface area (Å²) in [5.74, 6) is -1.16. The van der Waals surface area contributed by atoms with Crippen molar-refractivity contribution >= 4 is 5.97 Å². The number of aromatic nitrogens is 2.